The van der Waals surface area contributed by atoms with E-state index in [-0.39, 0.29) is 35.7 Å². The van der Waals surface area contributed by atoms with Gasteiger partial charge in [-0.1, -0.05) is 18.2 Å². The largest absolute Gasteiger partial charge is 0.421 e. The maximum Gasteiger partial charge on any atom is 0.421 e. The van der Waals surface area contributed by atoms with Crippen LogP contribution >= 0.6 is 7.94 Å². The van der Waals surface area contributed by atoms with Crippen LogP contribution < -0.4 is 10.6 Å². The fraction of sp³-hybridized carbons (Fsp3) is 0.433. The minimum Gasteiger partial charge on any atom is -0.393 e. The number of carbonyl (C=O) groups is 1. The van der Waals surface area contributed by atoms with Crippen LogP contribution in [-0.2, 0) is 27.9 Å². The van der Waals surface area contributed by atoms with Gasteiger partial charge in [-0.3, -0.25) is 4.79 Å². The molecule has 235 valence electrons. The number of aliphatic hydroxyl groups excluding tert-OH is 1. The van der Waals surface area contributed by atoms with Crippen LogP contribution in [0.5, 0.6) is 0 Å². The van der Waals surface area contributed by atoms with Gasteiger partial charge < -0.3 is 34.6 Å². The molecule has 10 nitrogen and oxygen atoms in total. The van der Waals surface area contributed by atoms with Gasteiger partial charge in [0.2, 0.25) is 13.9 Å². The fourth-order valence-corrected chi connectivity index (χ4v) is 7.74. The van der Waals surface area contributed by atoms with Gasteiger partial charge in [0.05, 0.1) is 36.7 Å². The Balaban J connectivity index is 1.26. The van der Waals surface area contributed by atoms with Gasteiger partial charge in [0.25, 0.3) is 5.91 Å². The average molecular weight is 633 g/mol. The number of halogens is 3. The van der Waals surface area contributed by atoms with Crippen LogP contribution in [0, 0.1) is 0 Å². The molecule has 1 aromatic heterocycles. The van der Waals surface area contributed by atoms with Gasteiger partial charge in [0.15, 0.2) is 0 Å². The summed E-state index contributed by atoms with van der Waals surface area (Å²) in [6.45, 7) is 1.23. The number of carbonyl (C=O) groups excluding carboxylic acids is 1. The van der Waals surface area contributed by atoms with Gasteiger partial charge in [-0.15, -0.1) is 0 Å². The number of aliphatic hydroxyl groups is 1. The number of nitrogens with one attached hydrogen (secondary N) is 2. The summed E-state index contributed by atoms with van der Waals surface area (Å²) in [4.78, 5) is 33.4. The molecule has 3 aromatic rings. The van der Waals surface area contributed by atoms with E-state index in [4.69, 9.17) is 9.05 Å². The molecule has 2 fully saturated rings. The highest BCUT2D eigenvalue weighted by Crippen LogP contribution is 2.61. The predicted octanol–water partition coefficient (Wildman–Crippen LogP) is 6.28. The number of alkyl halides is 3. The molecule has 0 bridgehead atoms. The zero-order valence-corrected chi connectivity index (χ0v) is 25.0. The lowest BCUT2D eigenvalue weighted by molar-refractivity contribution is -0.137. The van der Waals surface area contributed by atoms with Crippen LogP contribution in [0.15, 0.2) is 42.6 Å². The Labute approximate surface area is 253 Å². The molecule has 1 saturated carbocycles. The third-order valence-electron chi connectivity index (χ3n) is 8.26. The molecular weight excluding hydrogens is 598 g/mol. The number of nitrogens with zero attached hydrogens (tertiary/aromatic N) is 3. The number of anilines is 4. The second kappa shape index (κ2) is 12.2. The van der Waals surface area contributed by atoms with E-state index in [0.29, 0.717) is 50.0 Å². The lowest BCUT2D eigenvalue weighted by atomic mass is 9.80. The second-order valence-electron chi connectivity index (χ2n) is 11.4. The van der Waals surface area contributed by atoms with Crippen molar-refractivity contribution in [1.82, 2.24) is 14.9 Å². The maximum atomic E-state index is 14.1. The molecule has 1 amide bonds. The molecule has 2 aromatic carbocycles. The first-order valence-electron chi connectivity index (χ1n) is 14.6. The zero-order valence-electron chi connectivity index (χ0n) is 24.1. The molecule has 3 heterocycles. The van der Waals surface area contributed by atoms with Gasteiger partial charge in [-0.25, -0.2) is 4.98 Å². The van der Waals surface area contributed by atoms with Crippen LogP contribution in [-0.4, -0.2) is 57.1 Å². The second-order valence-corrected chi connectivity index (χ2v) is 13.5. The first-order chi connectivity index (χ1) is 21.0. The van der Waals surface area contributed by atoms with Crippen molar-refractivity contribution in [1.29, 1.82) is 0 Å². The summed E-state index contributed by atoms with van der Waals surface area (Å²) in [5.41, 5.74) is 2.60. The van der Waals surface area contributed by atoms with Gasteiger partial charge >= 0.3 is 6.18 Å². The summed E-state index contributed by atoms with van der Waals surface area (Å²) in [6.07, 6.45) is -0.524. The van der Waals surface area contributed by atoms with Crippen LogP contribution in [0.3, 0.4) is 0 Å². The van der Waals surface area contributed by atoms with Crippen molar-refractivity contribution < 1.29 is 37.0 Å². The smallest absolute Gasteiger partial charge is 0.393 e. The van der Waals surface area contributed by atoms with Crippen molar-refractivity contribution in [2.45, 2.75) is 63.0 Å². The summed E-state index contributed by atoms with van der Waals surface area (Å²) in [5, 5.41) is 15.7. The van der Waals surface area contributed by atoms with Crippen LogP contribution in [0.4, 0.5) is 36.3 Å². The summed E-state index contributed by atoms with van der Waals surface area (Å²) in [6, 6.07) is 10.4. The lowest BCUT2D eigenvalue weighted by Crippen LogP contribution is -2.18. The Morgan fingerprint density at radius 1 is 1.05 bits per heavy atom. The van der Waals surface area contributed by atoms with Crippen molar-refractivity contribution in [2.75, 3.05) is 30.9 Å². The van der Waals surface area contributed by atoms with E-state index in [9.17, 15) is 28.0 Å². The summed E-state index contributed by atoms with van der Waals surface area (Å²) >= 11 is 0. The average Bonchev–Trinajstić information content (AvgIpc) is 3.28. The molecule has 44 heavy (non-hydrogen) atoms. The standard InChI is InChI=1S/C30H34F3N5O5P/c1-38-16-23-22(19-5-9-21(39)10-6-19)11-12-25(26(23)28(38)40)36-27-24(30(31,32)33)15-34-29(37-27)35-20-7-3-18(4-8-20)17-44(41)42-13-2-14-43-44/h3-4,7-8,11-12,15,19,21,39,41H,2,5-6,9-10,13-14,16-17H2,1H3,(H2,34,35,36,37). The minimum absolute atomic E-state index is 0.0733. The number of hydrogen-bond acceptors (Lipinski definition) is 9. The monoisotopic (exact) mass is 632 g/mol. The highest BCUT2D eigenvalue weighted by atomic mass is 31.2. The first-order valence-corrected chi connectivity index (χ1v) is 16.3. The SMILES string of the molecule is CN1Cc2c(C3CCC(O)CC3)ccc(Nc3nc(Nc4ccc(C[P]5(O)OCCCO5)cc4)ncc3C(F)(F)F)c2C1=O. The van der Waals surface area contributed by atoms with Crippen LogP contribution in [0.25, 0.3) is 0 Å². The summed E-state index contributed by atoms with van der Waals surface area (Å²) < 4.78 is 53.1. The first kappa shape index (κ1) is 30.7. The quantitative estimate of drug-likeness (QED) is 0.223. The van der Waals surface area contributed by atoms with Crippen molar-refractivity contribution in [2.24, 2.45) is 0 Å². The molecule has 2 aliphatic heterocycles. The number of rotatable bonds is 7. The van der Waals surface area contributed by atoms with Crippen LogP contribution in [0.1, 0.15) is 70.6 Å². The number of hydrogen-bond donors (Lipinski definition) is 4. The van der Waals surface area contributed by atoms with E-state index >= 15 is 0 Å². The number of fused-ring (bicyclic) bond motifs is 1. The van der Waals surface area contributed by atoms with Gasteiger partial charge in [0, 0.05) is 25.5 Å². The fourth-order valence-electron chi connectivity index (χ4n) is 5.98. The Morgan fingerprint density at radius 2 is 1.75 bits per heavy atom. The normalized spacial score (nSPS) is 21.7. The summed E-state index contributed by atoms with van der Waals surface area (Å²) in [7, 11) is -1.29. The molecule has 1 aliphatic carbocycles. The van der Waals surface area contributed by atoms with Crippen molar-refractivity contribution in [3.8, 4) is 0 Å². The molecule has 4 N–H and O–H groups in total. The highest BCUT2D eigenvalue weighted by molar-refractivity contribution is 7.59. The maximum absolute atomic E-state index is 14.1. The number of amides is 1. The van der Waals surface area contributed by atoms with Gasteiger partial charge in [-0.05, 0) is 72.9 Å². The van der Waals surface area contributed by atoms with Crippen molar-refractivity contribution >= 4 is 37.0 Å². The van der Waals surface area contributed by atoms with Crippen molar-refractivity contribution in [3.63, 3.8) is 0 Å². The predicted molar refractivity (Wildman–Crippen MR) is 159 cm³/mol. The van der Waals surface area contributed by atoms with Gasteiger partial charge in [0.1, 0.15) is 11.4 Å². The minimum atomic E-state index is -4.75. The van der Waals surface area contributed by atoms with E-state index in [1.54, 1.807) is 42.3 Å². The Hall–Kier alpha value is -3.35. The zero-order chi connectivity index (χ0) is 31.1. The third-order valence-corrected chi connectivity index (χ3v) is 10.2. The Kier molecular flexibility index (Phi) is 8.51. The van der Waals surface area contributed by atoms with Crippen molar-refractivity contribution in [3.05, 3.63) is 70.4 Å². The molecule has 0 spiro atoms. The van der Waals surface area contributed by atoms with E-state index in [0.717, 1.165) is 36.0 Å². The lowest BCUT2D eigenvalue weighted by Gasteiger charge is -2.32. The molecule has 0 atom stereocenters. The molecule has 1 saturated heterocycles. The molecule has 14 heteroatoms. The molecule has 3 aliphatic rings. The molecule has 0 unspecified atom stereocenters. The van der Waals surface area contributed by atoms with E-state index < -0.39 is 25.5 Å². The molecule has 6 rings (SSSR count). The molecule has 1 radical (unpaired) electrons. The van der Waals surface area contributed by atoms with E-state index in [2.05, 4.69) is 20.6 Å². The highest BCUT2D eigenvalue weighted by Gasteiger charge is 2.37. The summed E-state index contributed by atoms with van der Waals surface area (Å²) in [5.74, 6) is -0.670. The van der Waals surface area contributed by atoms with Gasteiger partial charge in [-0.2, -0.15) is 18.2 Å². The number of aromatic nitrogens is 2. The molecular formula is C30H34F3N5O5P. The van der Waals surface area contributed by atoms with Crippen LogP contribution in [0.2, 0.25) is 0 Å². The van der Waals surface area contributed by atoms with E-state index in [1.165, 1.54) is 0 Å². The topological polar surface area (TPSA) is 129 Å². The number of benzene rings is 2. The Bertz CT molecular complexity index is 1530. The third kappa shape index (κ3) is 6.52. The van der Waals surface area contributed by atoms with E-state index in [1.807, 2.05) is 6.07 Å². The Morgan fingerprint density at radius 3 is 2.43 bits per heavy atom.